The Morgan fingerprint density at radius 3 is 2.11 bits per heavy atom. The molecule has 0 saturated heterocycles. The van der Waals surface area contributed by atoms with Crippen LogP contribution in [0.15, 0.2) is 34.8 Å². The minimum absolute atomic E-state index is 0.183. The molecule has 0 bridgehead atoms. The molecule has 0 radical (unpaired) electrons. The third-order valence-electron chi connectivity index (χ3n) is 3.14. The molecular weight excluding hydrogens is 330 g/mol. The Labute approximate surface area is 122 Å². The molecule has 0 unspecified atom stereocenters. The van der Waals surface area contributed by atoms with Gasteiger partial charge in [-0.1, -0.05) is 35.9 Å². The predicted molar refractivity (Wildman–Crippen MR) is 76.9 cm³/mol. The summed E-state index contributed by atoms with van der Waals surface area (Å²) in [5.74, 6) is -0.541. The average Bonchev–Trinajstić information content (AvgIpc) is 2.40. The van der Waals surface area contributed by atoms with Gasteiger partial charge in [0.25, 0.3) is 0 Å². The van der Waals surface area contributed by atoms with Crippen molar-refractivity contribution in [2.45, 2.75) is 0 Å². The molecule has 0 amide bonds. The molecule has 0 atom stereocenters. The van der Waals surface area contributed by atoms with Gasteiger partial charge >= 0.3 is 0 Å². The fraction of sp³-hybridized carbons (Fsp3) is 0. The molecule has 2 N–H and O–H groups in total. The van der Waals surface area contributed by atoms with Gasteiger partial charge in [-0.25, -0.2) is 0 Å². The summed E-state index contributed by atoms with van der Waals surface area (Å²) in [4.78, 5) is 24.9. The van der Waals surface area contributed by atoms with Gasteiger partial charge < -0.3 is 5.73 Å². The summed E-state index contributed by atoms with van der Waals surface area (Å²) in [7, 11) is 0. The minimum atomic E-state index is -0.272. The smallest absolute Gasteiger partial charge is 0.196 e. The molecular formula is C14H7BrClNO2. The van der Waals surface area contributed by atoms with E-state index < -0.39 is 0 Å². The Kier molecular flexibility index (Phi) is 2.73. The van der Waals surface area contributed by atoms with E-state index in [1.807, 2.05) is 0 Å². The first kappa shape index (κ1) is 12.4. The number of carbonyl (C=O) groups excluding carboxylic acids is 2. The quantitative estimate of drug-likeness (QED) is 0.640. The zero-order chi connectivity index (χ0) is 13.7. The molecule has 1 aliphatic rings. The summed E-state index contributed by atoms with van der Waals surface area (Å²) in [6, 6.07) is 8.20. The molecule has 0 heterocycles. The first-order valence-corrected chi connectivity index (χ1v) is 6.65. The third kappa shape index (κ3) is 1.64. The predicted octanol–water partition coefficient (Wildman–Crippen LogP) is 3.46. The molecule has 2 aromatic carbocycles. The van der Waals surface area contributed by atoms with Crippen molar-refractivity contribution in [3.63, 3.8) is 0 Å². The third-order valence-corrected chi connectivity index (χ3v) is 4.09. The lowest BCUT2D eigenvalue weighted by atomic mass is 9.83. The Morgan fingerprint density at radius 1 is 1.00 bits per heavy atom. The monoisotopic (exact) mass is 335 g/mol. The van der Waals surface area contributed by atoms with E-state index in [0.717, 1.165) is 0 Å². The normalized spacial score (nSPS) is 13.2. The molecule has 19 heavy (non-hydrogen) atoms. The largest absolute Gasteiger partial charge is 0.397 e. The molecule has 0 aromatic heterocycles. The first-order valence-electron chi connectivity index (χ1n) is 5.48. The zero-order valence-electron chi connectivity index (χ0n) is 9.54. The number of anilines is 1. The fourth-order valence-corrected chi connectivity index (χ4v) is 3.09. The lowest BCUT2D eigenvalue weighted by molar-refractivity contribution is 0.0980. The summed E-state index contributed by atoms with van der Waals surface area (Å²) in [6.45, 7) is 0. The number of nitrogen functional groups attached to an aromatic ring is 1. The number of ketones is 2. The lowest BCUT2D eigenvalue weighted by Gasteiger charge is -2.20. The zero-order valence-corrected chi connectivity index (χ0v) is 11.9. The van der Waals surface area contributed by atoms with Gasteiger partial charge in [0.15, 0.2) is 11.6 Å². The van der Waals surface area contributed by atoms with Crippen LogP contribution in [0.25, 0.3) is 0 Å². The molecule has 0 spiro atoms. The van der Waals surface area contributed by atoms with Crippen molar-refractivity contribution in [3.8, 4) is 0 Å². The molecule has 0 saturated carbocycles. The van der Waals surface area contributed by atoms with E-state index in [-0.39, 0.29) is 33.4 Å². The van der Waals surface area contributed by atoms with E-state index in [1.54, 1.807) is 24.3 Å². The lowest BCUT2D eigenvalue weighted by Crippen LogP contribution is -2.23. The molecule has 1 aliphatic carbocycles. The number of fused-ring (bicyclic) bond motifs is 2. The summed E-state index contributed by atoms with van der Waals surface area (Å²) in [6.07, 6.45) is 0. The van der Waals surface area contributed by atoms with Crippen LogP contribution >= 0.6 is 27.5 Å². The highest BCUT2D eigenvalue weighted by Gasteiger charge is 2.33. The second-order valence-electron chi connectivity index (χ2n) is 4.21. The van der Waals surface area contributed by atoms with Crippen LogP contribution in [0.3, 0.4) is 0 Å². The van der Waals surface area contributed by atoms with Gasteiger partial charge in [0.05, 0.1) is 21.8 Å². The maximum Gasteiger partial charge on any atom is 0.196 e. The van der Waals surface area contributed by atoms with Crippen molar-refractivity contribution < 1.29 is 9.59 Å². The van der Waals surface area contributed by atoms with E-state index in [9.17, 15) is 9.59 Å². The summed E-state index contributed by atoms with van der Waals surface area (Å²) < 4.78 is 0.511. The summed E-state index contributed by atoms with van der Waals surface area (Å²) in [5.41, 5.74) is 7.24. The second kappa shape index (κ2) is 4.18. The number of nitrogens with two attached hydrogens (primary N) is 1. The fourth-order valence-electron chi connectivity index (χ4n) is 2.24. The van der Waals surface area contributed by atoms with Crippen LogP contribution in [0.5, 0.6) is 0 Å². The van der Waals surface area contributed by atoms with Crippen LogP contribution in [-0.4, -0.2) is 11.6 Å². The molecule has 5 heteroatoms. The van der Waals surface area contributed by atoms with Gasteiger partial charge in [-0.15, -0.1) is 0 Å². The van der Waals surface area contributed by atoms with Gasteiger partial charge in [0.2, 0.25) is 0 Å². The Hall–Kier alpha value is -1.65. The molecule has 3 rings (SSSR count). The average molecular weight is 337 g/mol. The van der Waals surface area contributed by atoms with E-state index in [0.29, 0.717) is 15.6 Å². The maximum atomic E-state index is 12.5. The molecule has 0 fully saturated rings. The van der Waals surface area contributed by atoms with Gasteiger partial charge in [-0.3, -0.25) is 9.59 Å². The van der Waals surface area contributed by atoms with Crippen molar-refractivity contribution >= 4 is 44.8 Å². The minimum Gasteiger partial charge on any atom is -0.397 e. The van der Waals surface area contributed by atoms with Crippen molar-refractivity contribution in [1.29, 1.82) is 0 Å². The van der Waals surface area contributed by atoms with E-state index in [1.165, 1.54) is 6.07 Å². The highest BCUT2D eigenvalue weighted by atomic mass is 79.9. The Morgan fingerprint density at radius 2 is 1.53 bits per heavy atom. The van der Waals surface area contributed by atoms with Crippen LogP contribution < -0.4 is 5.73 Å². The second-order valence-corrected chi connectivity index (χ2v) is 5.47. The van der Waals surface area contributed by atoms with Crippen LogP contribution in [0, 0.1) is 0 Å². The highest BCUT2D eigenvalue weighted by molar-refractivity contribution is 9.10. The van der Waals surface area contributed by atoms with Gasteiger partial charge in [0.1, 0.15) is 0 Å². The molecule has 0 aliphatic heterocycles. The van der Waals surface area contributed by atoms with E-state index >= 15 is 0 Å². The van der Waals surface area contributed by atoms with Gasteiger partial charge in [-0.2, -0.15) is 0 Å². The van der Waals surface area contributed by atoms with E-state index in [4.69, 9.17) is 17.3 Å². The Bertz CT molecular complexity index is 755. The van der Waals surface area contributed by atoms with Gasteiger partial charge in [-0.05, 0) is 22.0 Å². The van der Waals surface area contributed by atoms with Crippen LogP contribution in [0.2, 0.25) is 5.02 Å². The van der Waals surface area contributed by atoms with Gasteiger partial charge in [0, 0.05) is 15.6 Å². The molecule has 94 valence electrons. The number of halogens is 2. The molecule has 3 nitrogen and oxygen atoms in total. The SMILES string of the molecule is Nc1c(Br)cc(Cl)c2c1C(=O)c1ccccc1C2=O. The van der Waals surface area contributed by atoms with Crippen molar-refractivity contribution in [2.75, 3.05) is 5.73 Å². The van der Waals surface area contributed by atoms with E-state index in [2.05, 4.69) is 15.9 Å². The van der Waals surface area contributed by atoms with Crippen molar-refractivity contribution in [3.05, 3.63) is 62.1 Å². The first-order chi connectivity index (χ1) is 9.02. The van der Waals surface area contributed by atoms with Crippen LogP contribution in [0.1, 0.15) is 31.8 Å². The standard InChI is InChI=1S/C14H7BrClNO2/c15-8-5-9(16)10-11(12(8)17)14(19)7-4-2-1-3-6(7)13(10)18/h1-5H,17H2. The number of hydrogen-bond donors (Lipinski definition) is 1. The van der Waals surface area contributed by atoms with Crippen LogP contribution in [0.4, 0.5) is 5.69 Å². The molecule has 2 aromatic rings. The number of rotatable bonds is 0. The number of carbonyl (C=O) groups is 2. The maximum absolute atomic E-state index is 12.5. The number of hydrogen-bond acceptors (Lipinski definition) is 3. The number of benzene rings is 2. The summed E-state index contributed by atoms with van der Waals surface area (Å²) in [5, 5.41) is 0.226. The Balaban J connectivity index is 2.43. The topological polar surface area (TPSA) is 60.2 Å². The highest BCUT2D eigenvalue weighted by Crippen LogP contribution is 2.38. The van der Waals surface area contributed by atoms with Crippen molar-refractivity contribution in [1.82, 2.24) is 0 Å². The summed E-state index contributed by atoms with van der Waals surface area (Å²) >= 11 is 9.33. The van der Waals surface area contributed by atoms with Crippen molar-refractivity contribution in [2.24, 2.45) is 0 Å². The van der Waals surface area contributed by atoms with Crippen LogP contribution in [-0.2, 0) is 0 Å².